The summed E-state index contributed by atoms with van der Waals surface area (Å²) in [5.41, 5.74) is 0.986. The molecule has 0 fully saturated rings. The van der Waals surface area contributed by atoms with E-state index in [-0.39, 0.29) is 24.6 Å². The van der Waals surface area contributed by atoms with Gasteiger partial charge in [0.2, 0.25) is 5.91 Å². The number of fused-ring (bicyclic) bond motifs is 1. The number of nitrogens with zero attached hydrogens (tertiary/aromatic N) is 2. The minimum atomic E-state index is -1.26. The van der Waals surface area contributed by atoms with Gasteiger partial charge in [-0.15, -0.1) is 0 Å². The predicted molar refractivity (Wildman–Crippen MR) is 88.9 cm³/mol. The van der Waals surface area contributed by atoms with Crippen molar-refractivity contribution in [3.8, 4) is 5.75 Å². The first-order valence-electron chi connectivity index (χ1n) is 7.99. The number of ether oxygens (including phenoxy) is 1. The number of rotatable bonds is 5. The molecule has 1 aliphatic heterocycles. The number of nitrogens with one attached hydrogen (secondary N) is 1. The second-order valence-corrected chi connectivity index (χ2v) is 5.60. The Morgan fingerprint density at radius 3 is 3.04 bits per heavy atom. The highest BCUT2D eigenvalue weighted by atomic mass is 16.5. The van der Waals surface area contributed by atoms with Crippen LogP contribution in [0.15, 0.2) is 36.7 Å². The third-order valence-corrected chi connectivity index (χ3v) is 3.83. The molecule has 1 aromatic carbocycles. The third-order valence-electron chi connectivity index (χ3n) is 3.83. The van der Waals surface area contributed by atoms with Gasteiger partial charge in [-0.1, -0.05) is 12.1 Å². The molecule has 1 aromatic heterocycles. The third kappa shape index (κ3) is 3.82. The van der Waals surface area contributed by atoms with Crippen LogP contribution in [0.1, 0.15) is 22.8 Å². The Labute approximate surface area is 144 Å². The number of aromatic nitrogens is 2. The first-order chi connectivity index (χ1) is 12.1. The summed E-state index contributed by atoms with van der Waals surface area (Å²) in [4.78, 5) is 24.1. The van der Waals surface area contributed by atoms with E-state index in [4.69, 9.17) is 9.39 Å². The fourth-order valence-electron chi connectivity index (χ4n) is 2.71. The van der Waals surface area contributed by atoms with Gasteiger partial charge in [0.25, 0.3) is 0 Å². The molecule has 2 heterocycles. The Hall–Kier alpha value is -2.81. The Morgan fingerprint density at radius 2 is 2.32 bits per heavy atom. The molecule has 1 aliphatic rings. The summed E-state index contributed by atoms with van der Waals surface area (Å²) in [5, 5.41) is 16.9. The fourth-order valence-corrected chi connectivity index (χ4v) is 2.71. The van der Waals surface area contributed by atoms with Gasteiger partial charge in [0.15, 0.2) is 0 Å². The quantitative estimate of drug-likeness (QED) is 0.594. The maximum absolute atomic E-state index is 12.1. The van der Waals surface area contributed by atoms with E-state index in [1.54, 1.807) is 43.6 Å². The molecule has 1 atom stereocenters. The molecule has 2 aromatic rings. The predicted octanol–water partition coefficient (Wildman–Crippen LogP) is 0.199. The highest BCUT2D eigenvalue weighted by molar-refractivity contribution is 6.47. The van der Waals surface area contributed by atoms with Gasteiger partial charge in [-0.2, -0.15) is 5.10 Å². The van der Waals surface area contributed by atoms with E-state index in [1.165, 1.54) is 4.68 Å². The van der Waals surface area contributed by atoms with Crippen molar-refractivity contribution >= 4 is 19.0 Å². The molecule has 0 spiro atoms. The highest BCUT2D eigenvalue weighted by Crippen LogP contribution is 2.30. The van der Waals surface area contributed by atoms with Crippen LogP contribution in [0.3, 0.4) is 0 Å². The number of para-hydroxylation sites is 1. The maximum Gasteiger partial charge on any atom is 0.547 e. The number of carbonyl (C=O) groups is 2. The summed E-state index contributed by atoms with van der Waals surface area (Å²) in [6.07, 6.45) is 3.60. The molecule has 1 amide bonds. The minimum absolute atomic E-state index is 0.0476. The van der Waals surface area contributed by atoms with Crippen molar-refractivity contribution < 1.29 is 24.0 Å². The van der Waals surface area contributed by atoms with Crippen LogP contribution < -0.4 is 9.97 Å². The minimum Gasteiger partial charge on any atom is -0.534 e. The van der Waals surface area contributed by atoms with E-state index in [9.17, 15) is 14.6 Å². The zero-order valence-corrected chi connectivity index (χ0v) is 13.7. The molecule has 3 rings (SSSR count). The van der Waals surface area contributed by atoms with E-state index in [2.05, 4.69) is 10.4 Å². The average Bonchev–Trinajstić information content (AvgIpc) is 3.08. The van der Waals surface area contributed by atoms with Gasteiger partial charge in [-0.05, 0) is 31.0 Å². The molecular formula is C16H18BN3O5. The summed E-state index contributed by atoms with van der Waals surface area (Å²) in [7, 11) is -1.26. The van der Waals surface area contributed by atoms with Gasteiger partial charge in [-0.25, -0.2) is 4.79 Å². The smallest absolute Gasteiger partial charge is 0.534 e. The zero-order valence-electron chi connectivity index (χ0n) is 13.7. The Morgan fingerprint density at radius 1 is 1.48 bits per heavy atom. The number of hydrogen-bond acceptors (Lipinski definition) is 6. The molecule has 0 aliphatic carbocycles. The van der Waals surface area contributed by atoms with Crippen LogP contribution in [0.25, 0.3) is 0 Å². The van der Waals surface area contributed by atoms with Crippen molar-refractivity contribution in [1.82, 2.24) is 15.1 Å². The van der Waals surface area contributed by atoms with Crippen molar-refractivity contribution in [3.63, 3.8) is 0 Å². The second-order valence-electron chi connectivity index (χ2n) is 5.60. The normalized spacial score (nSPS) is 15.9. The number of amides is 1. The highest BCUT2D eigenvalue weighted by Gasteiger charge is 2.37. The lowest BCUT2D eigenvalue weighted by Crippen LogP contribution is -2.53. The van der Waals surface area contributed by atoms with Crippen LogP contribution in [0.2, 0.25) is 0 Å². The van der Waals surface area contributed by atoms with E-state index >= 15 is 0 Å². The number of carbonyl (C=O) groups excluding carboxylic acids is 2. The maximum atomic E-state index is 12.1. The van der Waals surface area contributed by atoms with Gasteiger partial charge < -0.3 is 19.7 Å². The molecule has 9 heteroatoms. The fraction of sp³-hybridized carbons (Fsp3) is 0.312. The van der Waals surface area contributed by atoms with Crippen molar-refractivity contribution in [1.29, 1.82) is 0 Å². The first kappa shape index (κ1) is 17.0. The molecule has 0 bridgehead atoms. The first-order valence-corrected chi connectivity index (χ1v) is 7.99. The lowest BCUT2D eigenvalue weighted by atomic mass is 9.72. The lowest BCUT2D eigenvalue weighted by molar-refractivity contribution is -0.122. The standard InChI is InChI=1S/C16H18BN3O5/c1-2-24-16(22)12-6-3-5-11-9-13(17(23)25-15(11)12)19-14(21)10-20-8-4-7-18-20/h3-8,13,23H,2,9-10H2,1H3,(H,19,21)/t13-/m0/s1. The van der Waals surface area contributed by atoms with Crippen LogP contribution in [0.4, 0.5) is 0 Å². The Bertz CT molecular complexity index is 765. The SMILES string of the molecule is CCOC(=O)c1cccc2c1OB(O)[C@@H](NC(=O)Cn1cccn1)C2. The monoisotopic (exact) mass is 343 g/mol. The summed E-state index contributed by atoms with van der Waals surface area (Å²) in [6.45, 7) is 2.01. The van der Waals surface area contributed by atoms with E-state index in [1.807, 2.05) is 0 Å². The number of esters is 1. The largest absolute Gasteiger partial charge is 0.547 e. The van der Waals surface area contributed by atoms with Gasteiger partial charge in [0.1, 0.15) is 17.9 Å². The molecule has 2 N–H and O–H groups in total. The van der Waals surface area contributed by atoms with Crippen molar-refractivity contribution in [2.75, 3.05) is 6.61 Å². The van der Waals surface area contributed by atoms with E-state index in [0.717, 1.165) is 5.56 Å². The van der Waals surface area contributed by atoms with Gasteiger partial charge >= 0.3 is 13.1 Å². The Kier molecular flexibility index (Phi) is 5.04. The van der Waals surface area contributed by atoms with Gasteiger partial charge in [0.05, 0.1) is 12.5 Å². The second kappa shape index (κ2) is 7.39. The number of benzene rings is 1. The van der Waals surface area contributed by atoms with Crippen molar-refractivity contribution in [3.05, 3.63) is 47.8 Å². The van der Waals surface area contributed by atoms with Gasteiger partial charge in [-0.3, -0.25) is 9.48 Å². The summed E-state index contributed by atoms with van der Waals surface area (Å²) >= 11 is 0. The van der Waals surface area contributed by atoms with Gasteiger partial charge in [0, 0.05) is 12.4 Å². The molecule has 0 radical (unpaired) electrons. The lowest BCUT2D eigenvalue weighted by Gasteiger charge is -2.29. The molecule has 0 unspecified atom stereocenters. The van der Waals surface area contributed by atoms with Crippen LogP contribution in [-0.4, -0.2) is 46.3 Å². The van der Waals surface area contributed by atoms with E-state index in [0.29, 0.717) is 12.2 Å². The summed E-state index contributed by atoms with van der Waals surface area (Å²) < 4.78 is 12.0. The van der Waals surface area contributed by atoms with E-state index < -0.39 is 19.0 Å². The molecule has 130 valence electrons. The van der Waals surface area contributed by atoms with Crippen LogP contribution in [0.5, 0.6) is 5.75 Å². The molecule has 8 nitrogen and oxygen atoms in total. The van der Waals surface area contributed by atoms with Crippen molar-refractivity contribution in [2.45, 2.75) is 25.8 Å². The zero-order chi connectivity index (χ0) is 17.8. The summed E-state index contributed by atoms with van der Waals surface area (Å²) in [5.74, 6) is -1.12. The molecule has 0 saturated heterocycles. The van der Waals surface area contributed by atoms with Crippen LogP contribution in [-0.2, 0) is 22.5 Å². The topological polar surface area (TPSA) is 103 Å². The molecular weight excluding hydrogens is 325 g/mol. The average molecular weight is 343 g/mol. The Balaban J connectivity index is 1.72. The van der Waals surface area contributed by atoms with Crippen LogP contribution in [0, 0.1) is 0 Å². The molecule has 25 heavy (non-hydrogen) atoms. The van der Waals surface area contributed by atoms with Crippen molar-refractivity contribution in [2.24, 2.45) is 0 Å². The summed E-state index contributed by atoms with van der Waals surface area (Å²) in [6, 6.07) is 6.81. The van der Waals surface area contributed by atoms with Crippen LogP contribution >= 0.6 is 0 Å². The number of hydrogen-bond donors (Lipinski definition) is 2. The molecule has 0 saturated carbocycles.